The lowest BCUT2D eigenvalue weighted by atomic mass is 10.1. The number of hydrazone groups is 1. The van der Waals surface area contributed by atoms with E-state index < -0.39 is 15.7 Å². The van der Waals surface area contributed by atoms with Crippen LogP contribution in [0, 0.1) is 19.3 Å². The van der Waals surface area contributed by atoms with Gasteiger partial charge >= 0.3 is 0 Å². The van der Waals surface area contributed by atoms with Crippen molar-refractivity contribution in [3.8, 4) is 11.4 Å². The Labute approximate surface area is 183 Å². The van der Waals surface area contributed by atoms with Crippen LogP contribution in [-0.4, -0.2) is 52.6 Å². The molecule has 1 aromatic heterocycles. The van der Waals surface area contributed by atoms with Gasteiger partial charge in [0.15, 0.2) is 5.84 Å². The molecule has 3 heterocycles. The summed E-state index contributed by atoms with van der Waals surface area (Å²) in [6, 6.07) is 9.51. The highest BCUT2D eigenvalue weighted by atomic mass is 32.3. The van der Waals surface area contributed by atoms with E-state index in [1.165, 1.54) is 0 Å². The van der Waals surface area contributed by atoms with E-state index in [0.29, 0.717) is 0 Å². The maximum absolute atomic E-state index is 12.6. The van der Waals surface area contributed by atoms with E-state index >= 15 is 0 Å². The molecular weight excluding hydrogens is 438 g/mol. The first kappa shape index (κ1) is 21.1. The molecule has 2 aliphatic heterocycles. The molecule has 0 saturated heterocycles. The number of aryl methyl sites for hydroxylation is 1. The van der Waals surface area contributed by atoms with Crippen molar-refractivity contribution in [2.24, 2.45) is 10.1 Å². The minimum absolute atomic E-state index is 0.0397. The smallest absolute Gasteiger partial charge is 0.283 e. The number of hydrogen-bond acceptors (Lipinski definition) is 7. The number of amides is 1. The van der Waals surface area contributed by atoms with Gasteiger partial charge in [-0.1, -0.05) is 0 Å². The summed E-state index contributed by atoms with van der Waals surface area (Å²) in [6.45, 7) is 3.87. The van der Waals surface area contributed by atoms with Gasteiger partial charge in [-0.05, 0) is 67.6 Å². The second-order valence-electron chi connectivity index (χ2n) is 7.02. The average Bonchev–Trinajstić information content (AvgIpc) is 3.26. The van der Waals surface area contributed by atoms with Gasteiger partial charge in [0.05, 0.1) is 12.7 Å². The molecule has 1 aromatic carbocycles. The number of nitrogens with one attached hydrogen (secondary N) is 1. The summed E-state index contributed by atoms with van der Waals surface area (Å²) in [7, 11) is -1.96. The molecule has 0 atom stereocenters. The van der Waals surface area contributed by atoms with Gasteiger partial charge in [0.25, 0.3) is 5.91 Å². The van der Waals surface area contributed by atoms with Crippen LogP contribution in [0.3, 0.4) is 0 Å². The summed E-state index contributed by atoms with van der Waals surface area (Å²) >= 11 is 0.762. The number of aromatic nitrogens is 1. The molecule has 0 fully saturated rings. The van der Waals surface area contributed by atoms with Crippen LogP contribution in [0.15, 0.2) is 46.0 Å². The van der Waals surface area contributed by atoms with Crippen molar-refractivity contribution in [1.29, 1.82) is 5.41 Å². The lowest BCUT2D eigenvalue weighted by molar-refractivity contribution is -0.114. The molecule has 2 aromatic rings. The summed E-state index contributed by atoms with van der Waals surface area (Å²) in [5, 5.41) is 13.5. The number of fused-ring (bicyclic) bond motifs is 1. The van der Waals surface area contributed by atoms with Crippen LogP contribution in [0.25, 0.3) is 11.8 Å². The molecule has 0 saturated carbocycles. The van der Waals surface area contributed by atoms with E-state index in [9.17, 15) is 13.2 Å². The number of sulfone groups is 1. The van der Waals surface area contributed by atoms with Crippen molar-refractivity contribution in [3.05, 3.63) is 52.9 Å². The number of ether oxygens (including phenoxy) is 1. The zero-order chi connectivity index (χ0) is 22.5. The van der Waals surface area contributed by atoms with Gasteiger partial charge in [0.2, 0.25) is 19.4 Å². The molecule has 11 heteroatoms. The standard InChI is InChI=1S/C20H19N5O4S2/c1-11-9-13(12(2)24(11)14-5-7-15(29-3)8-6-14)10-16-17(21)25-19(22-18(16)26)30-20(23-25)31(4,27)28/h5-10,21H,1-4H3/b16-10-,21-17?. The molecule has 0 radical (unpaired) electrons. The number of aliphatic imine (C=N–C) groups is 1. The number of benzene rings is 1. The van der Waals surface area contributed by atoms with E-state index in [4.69, 9.17) is 10.1 Å². The molecular formula is C20H19N5O4S2. The number of carbonyl (C=O) groups excluding carboxylic acids is 1. The highest BCUT2D eigenvalue weighted by Gasteiger charge is 2.38. The second-order valence-corrected chi connectivity index (χ2v) is 10.2. The summed E-state index contributed by atoms with van der Waals surface area (Å²) < 4.78 is 30.6. The molecule has 9 nitrogen and oxygen atoms in total. The maximum Gasteiger partial charge on any atom is 0.283 e. The highest BCUT2D eigenvalue weighted by molar-refractivity contribution is 8.42. The normalized spacial score (nSPS) is 17.7. The predicted molar refractivity (Wildman–Crippen MR) is 122 cm³/mol. The third kappa shape index (κ3) is 3.70. The minimum Gasteiger partial charge on any atom is -0.497 e. The van der Waals surface area contributed by atoms with Crippen LogP contribution in [-0.2, 0) is 14.6 Å². The summed E-state index contributed by atoms with van der Waals surface area (Å²) in [5.74, 6) is -0.0701. The average molecular weight is 458 g/mol. The summed E-state index contributed by atoms with van der Waals surface area (Å²) in [4.78, 5) is 16.5. The monoisotopic (exact) mass is 457 g/mol. The Bertz CT molecular complexity index is 1320. The van der Waals surface area contributed by atoms with E-state index in [0.717, 1.165) is 51.4 Å². The molecule has 0 spiro atoms. The van der Waals surface area contributed by atoms with Crippen molar-refractivity contribution in [2.75, 3.05) is 13.4 Å². The summed E-state index contributed by atoms with van der Waals surface area (Å²) in [6.07, 6.45) is 2.61. The van der Waals surface area contributed by atoms with Crippen LogP contribution in [0.4, 0.5) is 0 Å². The fraction of sp³-hybridized carbons (Fsp3) is 0.200. The van der Waals surface area contributed by atoms with Gasteiger partial charge in [0, 0.05) is 23.3 Å². The fourth-order valence-electron chi connectivity index (χ4n) is 3.34. The van der Waals surface area contributed by atoms with Crippen molar-refractivity contribution in [1.82, 2.24) is 9.58 Å². The zero-order valence-electron chi connectivity index (χ0n) is 17.2. The maximum atomic E-state index is 12.6. The largest absolute Gasteiger partial charge is 0.497 e. The highest BCUT2D eigenvalue weighted by Crippen LogP contribution is 2.31. The van der Waals surface area contributed by atoms with E-state index in [1.54, 1.807) is 13.2 Å². The van der Waals surface area contributed by atoms with Crippen molar-refractivity contribution < 1.29 is 17.9 Å². The van der Waals surface area contributed by atoms with Gasteiger partial charge in [-0.25, -0.2) is 8.42 Å². The number of carbonyl (C=O) groups is 1. The fourth-order valence-corrected chi connectivity index (χ4v) is 5.03. The Balaban J connectivity index is 1.73. The quantitative estimate of drug-likeness (QED) is 0.708. The molecule has 0 unspecified atom stereocenters. The van der Waals surface area contributed by atoms with Crippen molar-refractivity contribution in [3.63, 3.8) is 0 Å². The molecule has 160 valence electrons. The molecule has 2 aliphatic rings. The Morgan fingerprint density at radius 3 is 2.48 bits per heavy atom. The number of nitrogens with zero attached hydrogens (tertiary/aromatic N) is 4. The predicted octanol–water partition coefficient (Wildman–Crippen LogP) is 2.72. The first-order valence-corrected chi connectivity index (χ1v) is 11.8. The number of thioether (sulfide) groups is 1. The molecule has 1 amide bonds. The van der Waals surface area contributed by atoms with Gasteiger partial charge < -0.3 is 9.30 Å². The molecule has 0 aliphatic carbocycles. The second kappa shape index (κ2) is 7.50. The SMILES string of the molecule is COc1ccc(-n2c(C)cc(/C=C3/C(=N)N4N=C(S(C)(=O)=O)SC4=NC3=O)c2C)cc1. The zero-order valence-corrected chi connectivity index (χ0v) is 18.8. The Hall–Kier alpha value is -3.18. The molecule has 0 bridgehead atoms. The topological polar surface area (TPSA) is 117 Å². The molecule has 4 rings (SSSR count). The number of rotatable bonds is 3. The van der Waals surface area contributed by atoms with Crippen molar-refractivity contribution >= 4 is 49.0 Å². The number of hydrogen-bond donors (Lipinski definition) is 1. The van der Waals surface area contributed by atoms with Crippen LogP contribution in [0.2, 0.25) is 0 Å². The number of methoxy groups -OCH3 is 1. The lowest BCUT2D eigenvalue weighted by Gasteiger charge is -2.20. The lowest BCUT2D eigenvalue weighted by Crippen LogP contribution is -2.35. The van der Waals surface area contributed by atoms with E-state index in [2.05, 4.69) is 10.1 Å². The van der Waals surface area contributed by atoms with Gasteiger partial charge in [-0.3, -0.25) is 10.2 Å². The van der Waals surface area contributed by atoms with Gasteiger partial charge in [-0.15, -0.1) is 5.10 Å². The molecule has 1 N–H and O–H groups in total. The van der Waals surface area contributed by atoms with E-state index in [1.807, 2.05) is 48.7 Å². The third-order valence-electron chi connectivity index (χ3n) is 4.85. The van der Waals surface area contributed by atoms with Crippen LogP contribution in [0.5, 0.6) is 5.75 Å². The van der Waals surface area contributed by atoms with Crippen LogP contribution >= 0.6 is 11.8 Å². The Kier molecular flexibility index (Phi) is 5.10. The molecule has 31 heavy (non-hydrogen) atoms. The minimum atomic E-state index is -3.57. The van der Waals surface area contributed by atoms with Crippen LogP contribution < -0.4 is 4.74 Å². The van der Waals surface area contributed by atoms with Gasteiger partial charge in [-0.2, -0.15) is 10.0 Å². The van der Waals surface area contributed by atoms with Crippen LogP contribution in [0.1, 0.15) is 17.0 Å². The van der Waals surface area contributed by atoms with Crippen molar-refractivity contribution in [2.45, 2.75) is 13.8 Å². The Morgan fingerprint density at radius 1 is 1.19 bits per heavy atom. The Morgan fingerprint density at radius 2 is 1.87 bits per heavy atom. The summed E-state index contributed by atoms with van der Waals surface area (Å²) in [5.41, 5.74) is 3.55. The van der Waals surface area contributed by atoms with Gasteiger partial charge in [0.1, 0.15) is 5.75 Å². The first-order valence-electron chi connectivity index (χ1n) is 9.14. The number of amidine groups is 2. The first-order chi connectivity index (χ1) is 14.6. The van der Waals surface area contributed by atoms with E-state index in [-0.39, 0.29) is 21.0 Å². The third-order valence-corrected chi connectivity index (χ3v) is 7.43.